The Kier molecular flexibility index (Phi) is 7.10. The van der Waals surface area contributed by atoms with Crippen molar-refractivity contribution in [1.82, 2.24) is 15.1 Å². The molecule has 2 fully saturated rings. The second kappa shape index (κ2) is 9.53. The molecule has 2 amide bonds. The lowest BCUT2D eigenvalue weighted by Gasteiger charge is -2.36. The van der Waals surface area contributed by atoms with Gasteiger partial charge in [0, 0.05) is 44.7 Å². The van der Waals surface area contributed by atoms with Crippen LogP contribution >= 0.6 is 11.6 Å². The molecule has 6 nitrogen and oxygen atoms in total. The molecule has 1 N–H and O–H groups in total. The summed E-state index contributed by atoms with van der Waals surface area (Å²) < 4.78 is 5.47. The summed E-state index contributed by atoms with van der Waals surface area (Å²) in [5.41, 5.74) is 1.02. The van der Waals surface area contributed by atoms with Crippen molar-refractivity contribution in [2.75, 3.05) is 45.9 Å². The van der Waals surface area contributed by atoms with E-state index in [0.717, 1.165) is 38.0 Å². The maximum atomic E-state index is 12.7. The predicted molar refractivity (Wildman–Crippen MR) is 105 cm³/mol. The summed E-state index contributed by atoms with van der Waals surface area (Å²) in [6.45, 7) is 6.31. The first-order valence-corrected chi connectivity index (χ1v) is 10.0. The van der Waals surface area contributed by atoms with Gasteiger partial charge in [-0.1, -0.05) is 29.8 Å². The van der Waals surface area contributed by atoms with Gasteiger partial charge in [-0.25, -0.2) is 0 Å². The summed E-state index contributed by atoms with van der Waals surface area (Å²) in [7, 11) is 0. The molecule has 0 bridgehead atoms. The molecule has 0 saturated carbocycles. The topological polar surface area (TPSA) is 61.9 Å². The number of halogens is 1. The first kappa shape index (κ1) is 20.1. The van der Waals surface area contributed by atoms with Crippen molar-refractivity contribution in [3.05, 3.63) is 34.9 Å². The van der Waals surface area contributed by atoms with Gasteiger partial charge < -0.3 is 15.0 Å². The van der Waals surface area contributed by atoms with Crippen molar-refractivity contribution in [3.63, 3.8) is 0 Å². The second-order valence-corrected chi connectivity index (χ2v) is 7.64. The molecule has 148 valence electrons. The number of piperidine rings is 1. The van der Waals surface area contributed by atoms with Gasteiger partial charge >= 0.3 is 0 Å². The summed E-state index contributed by atoms with van der Waals surface area (Å²) in [4.78, 5) is 28.4. The fourth-order valence-electron chi connectivity index (χ4n) is 3.89. The summed E-state index contributed by atoms with van der Waals surface area (Å²) in [6.07, 6.45) is 1.69. The van der Waals surface area contributed by atoms with Crippen LogP contribution in [0.25, 0.3) is 0 Å². The quantitative estimate of drug-likeness (QED) is 0.832. The van der Waals surface area contributed by atoms with Gasteiger partial charge in [0.2, 0.25) is 11.8 Å². The highest BCUT2D eigenvalue weighted by atomic mass is 35.5. The molecule has 2 aliphatic heterocycles. The zero-order chi connectivity index (χ0) is 19.2. The molecule has 1 aromatic rings. The van der Waals surface area contributed by atoms with E-state index in [1.165, 1.54) is 0 Å². The summed E-state index contributed by atoms with van der Waals surface area (Å²) in [5, 5.41) is 3.83. The molecule has 0 aliphatic carbocycles. The molecule has 2 saturated heterocycles. The molecule has 0 aromatic heterocycles. The zero-order valence-corrected chi connectivity index (χ0v) is 16.6. The van der Waals surface area contributed by atoms with Gasteiger partial charge in [0.25, 0.3) is 0 Å². The minimum Gasteiger partial charge on any atom is -0.379 e. The predicted octanol–water partition coefficient (Wildman–Crippen LogP) is 2.09. The maximum Gasteiger partial charge on any atom is 0.224 e. The smallest absolute Gasteiger partial charge is 0.224 e. The molecule has 2 atom stereocenters. The van der Waals surface area contributed by atoms with Crippen molar-refractivity contribution in [2.24, 2.45) is 5.92 Å². The van der Waals surface area contributed by atoms with E-state index in [-0.39, 0.29) is 23.8 Å². The molecule has 27 heavy (non-hydrogen) atoms. The Labute approximate surface area is 165 Å². The van der Waals surface area contributed by atoms with Gasteiger partial charge in [-0.2, -0.15) is 0 Å². The van der Waals surface area contributed by atoms with E-state index in [1.807, 2.05) is 24.3 Å². The molecule has 2 heterocycles. The van der Waals surface area contributed by atoms with E-state index in [9.17, 15) is 9.59 Å². The van der Waals surface area contributed by atoms with Crippen LogP contribution in [0.2, 0.25) is 5.02 Å². The standard InChI is InChI=1S/C20H28ClN3O3/c1-15(25)24-8-4-5-16(14-24)20(26)22-13-19(23-9-11-27-12-10-23)17-6-2-3-7-18(17)21/h2-3,6-7,16,19H,4-5,8-14H2,1H3,(H,22,26)/t16-,19+/m0/s1. The fourth-order valence-corrected chi connectivity index (χ4v) is 4.15. The molecule has 0 radical (unpaired) electrons. The molecular weight excluding hydrogens is 366 g/mol. The van der Waals surface area contributed by atoms with Gasteiger partial charge in [0.05, 0.1) is 25.2 Å². The maximum absolute atomic E-state index is 12.7. The highest BCUT2D eigenvalue weighted by Gasteiger charge is 2.29. The average molecular weight is 394 g/mol. The summed E-state index contributed by atoms with van der Waals surface area (Å²) >= 11 is 6.44. The number of carbonyl (C=O) groups is 2. The third-order valence-electron chi connectivity index (χ3n) is 5.46. The Morgan fingerprint density at radius 2 is 2.00 bits per heavy atom. The van der Waals surface area contributed by atoms with E-state index < -0.39 is 0 Å². The van der Waals surface area contributed by atoms with Crippen LogP contribution in [0.3, 0.4) is 0 Å². The lowest BCUT2D eigenvalue weighted by molar-refractivity contribution is -0.134. The minimum absolute atomic E-state index is 0.0130. The Morgan fingerprint density at radius 3 is 2.70 bits per heavy atom. The number of rotatable bonds is 5. The van der Waals surface area contributed by atoms with Crippen molar-refractivity contribution in [3.8, 4) is 0 Å². The summed E-state index contributed by atoms with van der Waals surface area (Å²) in [6, 6.07) is 7.81. The number of hydrogen-bond donors (Lipinski definition) is 1. The van der Waals surface area contributed by atoms with Crippen LogP contribution in [-0.2, 0) is 14.3 Å². The lowest BCUT2D eigenvalue weighted by atomic mass is 9.96. The molecule has 3 rings (SSSR count). The van der Waals surface area contributed by atoms with Crippen LogP contribution in [0.5, 0.6) is 0 Å². The Balaban J connectivity index is 1.66. The highest BCUT2D eigenvalue weighted by Crippen LogP contribution is 2.28. The number of nitrogens with zero attached hydrogens (tertiary/aromatic N) is 2. The van der Waals surface area contributed by atoms with E-state index in [1.54, 1.807) is 11.8 Å². The molecule has 0 unspecified atom stereocenters. The van der Waals surface area contributed by atoms with Crippen molar-refractivity contribution in [2.45, 2.75) is 25.8 Å². The zero-order valence-electron chi connectivity index (χ0n) is 15.8. The average Bonchev–Trinajstić information content (AvgIpc) is 2.70. The number of benzene rings is 1. The molecular formula is C20H28ClN3O3. The van der Waals surface area contributed by atoms with E-state index in [4.69, 9.17) is 16.3 Å². The van der Waals surface area contributed by atoms with Gasteiger partial charge in [-0.05, 0) is 24.5 Å². The molecule has 0 spiro atoms. The molecule has 7 heteroatoms. The van der Waals surface area contributed by atoms with E-state index >= 15 is 0 Å². The third kappa shape index (κ3) is 5.21. The number of likely N-dealkylation sites (tertiary alicyclic amines) is 1. The minimum atomic E-state index is -0.140. The van der Waals surface area contributed by atoms with E-state index in [2.05, 4.69) is 10.2 Å². The number of morpholine rings is 1. The van der Waals surface area contributed by atoms with Gasteiger partial charge in [0.1, 0.15) is 0 Å². The Hall–Kier alpha value is -1.63. The van der Waals surface area contributed by atoms with Crippen LogP contribution in [0.15, 0.2) is 24.3 Å². The van der Waals surface area contributed by atoms with Crippen LogP contribution in [-0.4, -0.2) is 67.6 Å². The number of nitrogens with one attached hydrogen (secondary N) is 1. The first-order valence-electron chi connectivity index (χ1n) is 9.65. The Bertz CT molecular complexity index is 664. The van der Waals surface area contributed by atoms with Crippen molar-refractivity contribution < 1.29 is 14.3 Å². The lowest BCUT2D eigenvalue weighted by Crippen LogP contribution is -2.48. The van der Waals surface area contributed by atoms with Crippen LogP contribution < -0.4 is 5.32 Å². The number of carbonyl (C=O) groups excluding carboxylic acids is 2. The van der Waals surface area contributed by atoms with Crippen LogP contribution in [0, 0.1) is 5.92 Å². The van der Waals surface area contributed by atoms with Gasteiger partial charge in [-0.3, -0.25) is 14.5 Å². The normalized spacial score (nSPS) is 22.3. The third-order valence-corrected chi connectivity index (χ3v) is 5.80. The SMILES string of the molecule is CC(=O)N1CCC[C@H](C(=O)NC[C@H](c2ccccc2Cl)N2CCOCC2)C1. The van der Waals surface area contributed by atoms with Crippen LogP contribution in [0.1, 0.15) is 31.4 Å². The second-order valence-electron chi connectivity index (χ2n) is 7.23. The first-order chi connectivity index (χ1) is 13.1. The highest BCUT2D eigenvalue weighted by molar-refractivity contribution is 6.31. The molecule has 1 aromatic carbocycles. The van der Waals surface area contributed by atoms with Crippen molar-refractivity contribution in [1.29, 1.82) is 0 Å². The number of amides is 2. The summed E-state index contributed by atoms with van der Waals surface area (Å²) in [5.74, 6) is -0.0831. The fraction of sp³-hybridized carbons (Fsp3) is 0.600. The van der Waals surface area contributed by atoms with Gasteiger partial charge in [-0.15, -0.1) is 0 Å². The Morgan fingerprint density at radius 1 is 1.26 bits per heavy atom. The van der Waals surface area contributed by atoms with Crippen molar-refractivity contribution >= 4 is 23.4 Å². The van der Waals surface area contributed by atoms with Gasteiger partial charge in [0.15, 0.2) is 0 Å². The van der Waals surface area contributed by atoms with E-state index in [0.29, 0.717) is 31.3 Å². The van der Waals surface area contributed by atoms with Crippen LogP contribution in [0.4, 0.5) is 0 Å². The monoisotopic (exact) mass is 393 g/mol. The number of ether oxygens (including phenoxy) is 1. The molecule has 2 aliphatic rings. The number of hydrogen-bond acceptors (Lipinski definition) is 4. The largest absolute Gasteiger partial charge is 0.379 e.